The molecule has 0 aliphatic carbocycles. The van der Waals surface area contributed by atoms with Gasteiger partial charge < -0.3 is 10.1 Å². The number of carbonyl (C=O) groups excluding carboxylic acids is 1. The second-order valence-corrected chi connectivity index (χ2v) is 8.97. The first-order valence-corrected chi connectivity index (χ1v) is 9.68. The molecule has 0 N–H and O–H groups in total. The predicted molar refractivity (Wildman–Crippen MR) is 89.1 cm³/mol. The van der Waals surface area contributed by atoms with Crippen LogP contribution in [-0.2, 0) is 10.0 Å². The fraction of sp³-hybridized carbons (Fsp3) is 0.333. The molecule has 1 fully saturated rings. The van der Waals surface area contributed by atoms with Gasteiger partial charge in [0.1, 0.15) is 9.77 Å². The van der Waals surface area contributed by atoms with Gasteiger partial charge in [0.2, 0.25) is 0 Å². The second-order valence-electron chi connectivity index (χ2n) is 5.51. The highest BCUT2D eigenvalue weighted by atomic mass is 32.2. The molecule has 2 aromatic rings. The van der Waals surface area contributed by atoms with E-state index in [0.717, 1.165) is 4.88 Å². The number of thiophene rings is 1. The van der Waals surface area contributed by atoms with E-state index < -0.39 is 10.0 Å². The van der Waals surface area contributed by atoms with E-state index in [1.165, 1.54) is 34.1 Å². The summed E-state index contributed by atoms with van der Waals surface area (Å²) in [5.41, 5.74) is 0.303. The lowest BCUT2D eigenvalue weighted by Gasteiger charge is -2.33. The number of sulfonamides is 1. The normalized spacial score (nSPS) is 16.3. The summed E-state index contributed by atoms with van der Waals surface area (Å²) >= 11 is 1.25. The van der Waals surface area contributed by atoms with Crippen molar-refractivity contribution in [1.29, 1.82) is 0 Å². The molecule has 0 bridgehead atoms. The second kappa shape index (κ2) is 6.50. The summed E-state index contributed by atoms with van der Waals surface area (Å²) in [6, 6.07) is 6.49. The van der Waals surface area contributed by atoms with Crippen LogP contribution in [0.25, 0.3) is 0 Å². The highest BCUT2D eigenvalue weighted by molar-refractivity contribution is 7.91. The maximum absolute atomic E-state index is 12.6. The molecule has 9 heteroatoms. The molecule has 3 heterocycles. The SMILES string of the molecule is Cc1ccc(S(=O)(=O)N2CCN(C(=O)c3ccc[n+]([O-])c3)CC2)s1. The number of aryl methyl sites for hydroxylation is 1. The van der Waals surface area contributed by atoms with Gasteiger partial charge in [-0.05, 0) is 25.1 Å². The highest BCUT2D eigenvalue weighted by Crippen LogP contribution is 2.25. The zero-order chi connectivity index (χ0) is 17.3. The molecule has 0 atom stereocenters. The number of nitrogens with zero attached hydrogens (tertiary/aromatic N) is 3. The minimum absolute atomic E-state index is 0.245. The van der Waals surface area contributed by atoms with Gasteiger partial charge in [-0.3, -0.25) is 4.79 Å². The average Bonchev–Trinajstić information content (AvgIpc) is 3.01. The minimum Gasteiger partial charge on any atom is -0.619 e. The summed E-state index contributed by atoms with van der Waals surface area (Å²) in [4.78, 5) is 14.9. The van der Waals surface area contributed by atoms with Gasteiger partial charge in [0.15, 0.2) is 12.4 Å². The Balaban J connectivity index is 1.68. The third kappa shape index (κ3) is 3.28. The topological polar surface area (TPSA) is 84.6 Å². The van der Waals surface area contributed by atoms with Crippen LogP contribution in [0.4, 0.5) is 0 Å². The quantitative estimate of drug-likeness (QED) is 0.594. The Hall–Kier alpha value is -1.97. The smallest absolute Gasteiger partial charge is 0.260 e. The monoisotopic (exact) mass is 367 g/mol. The number of hydrogen-bond acceptors (Lipinski definition) is 5. The molecule has 2 aromatic heterocycles. The predicted octanol–water partition coefficient (Wildman–Crippen LogP) is 0.837. The molecule has 24 heavy (non-hydrogen) atoms. The molecule has 1 aliphatic heterocycles. The molecule has 0 saturated carbocycles. The molecule has 0 aromatic carbocycles. The van der Waals surface area contributed by atoms with Crippen molar-refractivity contribution in [2.45, 2.75) is 11.1 Å². The maximum Gasteiger partial charge on any atom is 0.260 e. The molecule has 3 rings (SSSR count). The van der Waals surface area contributed by atoms with Crippen molar-refractivity contribution >= 4 is 27.3 Å². The molecule has 0 unspecified atom stereocenters. The number of carbonyl (C=O) groups is 1. The summed E-state index contributed by atoms with van der Waals surface area (Å²) in [5.74, 6) is -0.260. The van der Waals surface area contributed by atoms with Crippen LogP contribution in [0.3, 0.4) is 0 Å². The zero-order valence-corrected chi connectivity index (χ0v) is 14.7. The minimum atomic E-state index is -3.50. The summed E-state index contributed by atoms with van der Waals surface area (Å²) < 4.78 is 27.5. The molecule has 7 nitrogen and oxygen atoms in total. The van der Waals surface area contributed by atoms with Gasteiger partial charge in [-0.2, -0.15) is 9.04 Å². The summed E-state index contributed by atoms with van der Waals surface area (Å²) in [5, 5.41) is 11.3. The number of rotatable bonds is 3. The first-order chi connectivity index (χ1) is 11.4. The standard InChI is InChI=1S/C15H17N3O4S2/c1-12-4-5-14(23-12)24(21,22)18-9-7-16(8-10-18)15(19)13-3-2-6-17(20)11-13/h2-6,11H,7-10H2,1H3. The lowest BCUT2D eigenvalue weighted by molar-refractivity contribution is -0.605. The van der Waals surface area contributed by atoms with E-state index in [1.54, 1.807) is 23.1 Å². The fourth-order valence-corrected chi connectivity index (χ4v) is 5.43. The Kier molecular flexibility index (Phi) is 4.57. The van der Waals surface area contributed by atoms with E-state index in [1.807, 2.05) is 6.92 Å². The van der Waals surface area contributed by atoms with Gasteiger partial charge in [-0.1, -0.05) is 0 Å². The third-order valence-electron chi connectivity index (χ3n) is 3.86. The lowest BCUT2D eigenvalue weighted by Crippen LogP contribution is -2.50. The fourth-order valence-electron chi connectivity index (χ4n) is 2.57. The number of aromatic nitrogens is 1. The lowest BCUT2D eigenvalue weighted by atomic mass is 10.2. The Morgan fingerprint density at radius 3 is 2.50 bits per heavy atom. The van der Waals surface area contributed by atoms with Gasteiger partial charge in [0.25, 0.3) is 15.9 Å². The van der Waals surface area contributed by atoms with Crippen molar-refractivity contribution in [3.8, 4) is 0 Å². The van der Waals surface area contributed by atoms with Gasteiger partial charge >= 0.3 is 0 Å². The van der Waals surface area contributed by atoms with Gasteiger partial charge in [-0.15, -0.1) is 11.3 Å². The first kappa shape index (κ1) is 16.9. The van der Waals surface area contributed by atoms with Crippen LogP contribution in [0.15, 0.2) is 40.9 Å². The molecule has 128 valence electrons. The number of amides is 1. The Morgan fingerprint density at radius 1 is 1.21 bits per heavy atom. The van der Waals surface area contributed by atoms with Crippen molar-refractivity contribution in [1.82, 2.24) is 9.21 Å². The first-order valence-electron chi connectivity index (χ1n) is 7.42. The van der Waals surface area contributed by atoms with Gasteiger partial charge in [-0.25, -0.2) is 8.42 Å². The van der Waals surface area contributed by atoms with Crippen LogP contribution in [0.5, 0.6) is 0 Å². The van der Waals surface area contributed by atoms with Crippen molar-refractivity contribution in [3.05, 3.63) is 52.3 Å². The van der Waals surface area contributed by atoms with E-state index in [0.29, 0.717) is 27.6 Å². The summed E-state index contributed by atoms with van der Waals surface area (Å²) in [7, 11) is -3.50. The molecular formula is C15H17N3O4S2. The molecule has 1 aliphatic rings. The Labute approximate surface area is 144 Å². The van der Waals surface area contributed by atoms with Crippen molar-refractivity contribution in [3.63, 3.8) is 0 Å². The average molecular weight is 367 g/mol. The van der Waals surface area contributed by atoms with E-state index in [4.69, 9.17) is 0 Å². The number of pyridine rings is 1. The van der Waals surface area contributed by atoms with Crippen LogP contribution >= 0.6 is 11.3 Å². The van der Waals surface area contributed by atoms with Crippen LogP contribution < -0.4 is 4.73 Å². The largest absolute Gasteiger partial charge is 0.619 e. The van der Waals surface area contributed by atoms with Crippen molar-refractivity contribution < 1.29 is 17.9 Å². The maximum atomic E-state index is 12.6. The molecule has 1 saturated heterocycles. The van der Waals surface area contributed by atoms with E-state index >= 15 is 0 Å². The van der Waals surface area contributed by atoms with Gasteiger partial charge in [0.05, 0.1) is 0 Å². The Morgan fingerprint density at radius 2 is 1.92 bits per heavy atom. The molecule has 0 radical (unpaired) electrons. The van der Waals surface area contributed by atoms with Crippen LogP contribution in [0.2, 0.25) is 0 Å². The van der Waals surface area contributed by atoms with E-state index in [2.05, 4.69) is 0 Å². The van der Waals surface area contributed by atoms with Gasteiger partial charge in [0, 0.05) is 37.1 Å². The highest BCUT2D eigenvalue weighted by Gasteiger charge is 2.31. The number of hydrogen-bond donors (Lipinski definition) is 0. The third-order valence-corrected chi connectivity index (χ3v) is 7.22. The van der Waals surface area contributed by atoms with Crippen molar-refractivity contribution in [2.75, 3.05) is 26.2 Å². The molecular weight excluding hydrogens is 350 g/mol. The van der Waals surface area contributed by atoms with E-state index in [-0.39, 0.29) is 19.0 Å². The summed E-state index contributed by atoms with van der Waals surface area (Å²) in [6.07, 6.45) is 2.53. The van der Waals surface area contributed by atoms with Crippen LogP contribution in [0, 0.1) is 12.1 Å². The van der Waals surface area contributed by atoms with Crippen molar-refractivity contribution in [2.24, 2.45) is 0 Å². The molecule has 0 spiro atoms. The van der Waals surface area contributed by atoms with E-state index in [9.17, 15) is 18.4 Å². The zero-order valence-electron chi connectivity index (χ0n) is 13.1. The van der Waals surface area contributed by atoms with Crippen LogP contribution in [0.1, 0.15) is 15.2 Å². The number of piperazine rings is 1. The molecule has 1 amide bonds. The van der Waals surface area contributed by atoms with Crippen LogP contribution in [-0.4, -0.2) is 49.7 Å². The Bertz CT molecular complexity index is 855. The summed E-state index contributed by atoms with van der Waals surface area (Å²) in [6.45, 7) is 2.96.